The number of ether oxygens (including phenoxy) is 1. The third-order valence-electron chi connectivity index (χ3n) is 2.69. The minimum atomic E-state index is 0.428. The summed E-state index contributed by atoms with van der Waals surface area (Å²) in [6.45, 7) is 2.42. The molecule has 0 atom stereocenters. The van der Waals surface area contributed by atoms with Gasteiger partial charge in [-0.3, -0.25) is 4.98 Å². The first kappa shape index (κ1) is 15.2. The summed E-state index contributed by atoms with van der Waals surface area (Å²) >= 11 is 18.0. The van der Waals surface area contributed by atoms with E-state index in [9.17, 15) is 0 Å². The number of hydrogen-bond donors (Lipinski definition) is 1. The summed E-state index contributed by atoms with van der Waals surface area (Å²) in [5, 5.41) is 4.58. The van der Waals surface area contributed by atoms with Crippen LogP contribution in [0.3, 0.4) is 0 Å². The first-order chi connectivity index (χ1) is 9.49. The van der Waals surface area contributed by atoms with E-state index in [-0.39, 0.29) is 0 Å². The van der Waals surface area contributed by atoms with Crippen LogP contribution < -0.4 is 10.1 Å². The van der Waals surface area contributed by atoms with Crippen molar-refractivity contribution in [2.75, 3.05) is 12.4 Å². The monoisotopic (exact) mass is 330 g/mol. The standard InChI is InChI=1S/C14H13Cl3N2O/c1-8-3-10(20-2)4-9(19-8)7-18-14-6-12(16)11(15)5-13(14)17/h3-6,18H,7H2,1-2H3. The quantitative estimate of drug-likeness (QED) is 0.803. The fraction of sp³-hybridized carbons (Fsp3) is 0.214. The van der Waals surface area contributed by atoms with Gasteiger partial charge in [0.2, 0.25) is 0 Å². The molecule has 0 spiro atoms. The fourth-order valence-corrected chi connectivity index (χ4v) is 2.37. The lowest BCUT2D eigenvalue weighted by Crippen LogP contribution is -2.03. The summed E-state index contributed by atoms with van der Waals surface area (Å²) in [5.41, 5.74) is 2.45. The Morgan fingerprint density at radius 3 is 2.45 bits per heavy atom. The second-order valence-electron chi connectivity index (χ2n) is 4.24. The molecule has 0 unspecified atom stereocenters. The Morgan fingerprint density at radius 2 is 1.75 bits per heavy atom. The van der Waals surface area contributed by atoms with Crippen LogP contribution in [0.4, 0.5) is 5.69 Å². The maximum absolute atomic E-state index is 6.11. The molecular weight excluding hydrogens is 319 g/mol. The molecule has 106 valence electrons. The van der Waals surface area contributed by atoms with Crippen LogP contribution in [0.1, 0.15) is 11.4 Å². The molecule has 0 saturated heterocycles. The molecule has 20 heavy (non-hydrogen) atoms. The van der Waals surface area contributed by atoms with Crippen molar-refractivity contribution in [1.29, 1.82) is 0 Å². The minimum Gasteiger partial charge on any atom is -0.497 e. The van der Waals surface area contributed by atoms with Gasteiger partial charge >= 0.3 is 0 Å². The Labute approximate surface area is 132 Å². The van der Waals surface area contributed by atoms with Crippen LogP contribution in [-0.4, -0.2) is 12.1 Å². The van der Waals surface area contributed by atoms with E-state index in [4.69, 9.17) is 39.5 Å². The lowest BCUT2D eigenvalue weighted by Gasteiger charge is -2.11. The number of nitrogens with zero attached hydrogens (tertiary/aromatic N) is 1. The third-order valence-corrected chi connectivity index (χ3v) is 3.72. The summed E-state index contributed by atoms with van der Waals surface area (Å²) in [4.78, 5) is 4.42. The van der Waals surface area contributed by atoms with Crippen LogP contribution in [0.25, 0.3) is 0 Å². The number of aryl methyl sites for hydroxylation is 1. The van der Waals surface area contributed by atoms with Gasteiger partial charge in [-0.25, -0.2) is 0 Å². The van der Waals surface area contributed by atoms with Gasteiger partial charge in [-0.2, -0.15) is 0 Å². The highest BCUT2D eigenvalue weighted by molar-refractivity contribution is 6.44. The zero-order valence-electron chi connectivity index (χ0n) is 11.0. The second-order valence-corrected chi connectivity index (χ2v) is 5.46. The summed E-state index contributed by atoms with van der Waals surface area (Å²) in [7, 11) is 1.63. The van der Waals surface area contributed by atoms with Crippen molar-refractivity contribution in [2.45, 2.75) is 13.5 Å². The second kappa shape index (κ2) is 6.53. The van der Waals surface area contributed by atoms with Crippen LogP contribution in [-0.2, 0) is 6.54 Å². The number of halogens is 3. The molecule has 2 rings (SSSR count). The van der Waals surface area contributed by atoms with Crippen molar-refractivity contribution in [1.82, 2.24) is 4.98 Å². The van der Waals surface area contributed by atoms with E-state index in [1.807, 2.05) is 19.1 Å². The van der Waals surface area contributed by atoms with Crippen molar-refractivity contribution in [2.24, 2.45) is 0 Å². The van der Waals surface area contributed by atoms with Gasteiger partial charge in [0.25, 0.3) is 0 Å². The molecule has 0 amide bonds. The van der Waals surface area contributed by atoms with Crippen molar-refractivity contribution >= 4 is 40.5 Å². The lowest BCUT2D eigenvalue weighted by molar-refractivity contribution is 0.413. The molecule has 6 heteroatoms. The zero-order valence-corrected chi connectivity index (χ0v) is 13.3. The number of pyridine rings is 1. The first-order valence-electron chi connectivity index (χ1n) is 5.89. The van der Waals surface area contributed by atoms with E-state index in [2.05, 4.69) is 10.3 Å². The van der Waals surface area contributed by atoms with Crippen molar-refractivity contribution < 1.29 is 4.74 Å². The summed E-state index contributed by atoms with van der Waals surface area (Å²) in [6.07, 6.45) is 0. The molecule has 0 bridgehead atoms. The topological polar surface area (TPSA) is 34.1 Å². The molecule has 0 aliphatic carbocycles. The predicted octanol–water partition coefficient (Wildman–Crippen LogP) is 4.97. The average molecular weight is 332 g/mol. The van der Waals surface area contributed by atoms with E-state index in [1.165, 1.54) is 0 Å². The number of nitrogens with one attached hydrogen (secondary N) is 1. The number of rotatable bonds is 4. The number of aromatic nitrogens is 1. The van der Waals surface area contributed by atoms with E-state index in [1.54, 1.807) is 19.2 Å². The van der Waals surface area contributed by atoms with Crippen molar-refractivity contribution in [3.05, 3.63) is 50.7 Å². The Morgan fingerprint density at radius 1 is 1.05 bits per heavy atom. The molecule has 1 N–H and O–H groups in total. The molecule has 1 aromatic carbocycles. The van der Waals surface area contributed by atoms with Crippen LogP contribution >= 0.6 is 34.8 Å². The molecule has 2 aromatic rings. The van der Waals surface area contributed by atoms with Crippen molar-refractivity contribution in [3.63, 3.8) is 0 Å². The largest absolute Gasteiger partial charge is 0.497 e. The van der Waals surface area contributed by atoms with E-state index in [0.717, 1.165) is 17.1 Å². The van der Waals surface area contributed by atoms with Gasteiger partial charge in [0, 0.05) is 17.8 Å². The van der Waals surface area contributed by atoms with Gasteiger partial charge in [0.05, 0.1) is 40.1 Å². The van der Waals surface area contributed by atoms with Gasteiger partial charge in [0.1, 0.15) is 5.75 Å². The van der Waals surface area contributed by atoms with E-state index in [0.29, 0.717) is 27.3 Å². The van der Waals surface area contributed by atoms with Gasteiger partial charge in [-0.05, 0) is 19.1 Å². The predicted molar refractivity (Wildman–Crippen MR) is 84.3 cm³/mol. The third kappa shape index (κ3) is 3.69. The molecule has 0 aliphatic heterocycles. The molecule has 1 heterocycles. The molecular formula is C14H13Cl3N2O. The van der Waals surface area contributed by atoms with E-state index >= 15 is 0 Å². The fourth-order valence-electron chi connectivity index (χ4n) is 1.76. The number of anilines is 1. The highest BCUT2D eigenvalue weighted by Gasteiger charge is 2.07. The molecule has 0 aliphatic rings. The Bertz CT molecular complexity index is 632. The lowest BCUT2D eigenvalue weighted by atomic mass is 10.2. The van der Waals surface area contributed by atoms with E-state index < -0.39 is 0 Å². The molecule has 0 fully saturated rings. The first-order valence-corrected chi connectivity index (χ1v) is 7.03. The van der Waals surface area contributed by atoms with Gasteiger partial charge in [-0.1, -0.05) is 34.8 Å². The summed E-state index contributed by atoms with van der Waals surface area (Å²) in [6, 6.07) is 7.04. The number of hydrogen-bond acceptors (Lipinski definition) is 3. The minimum absolute atomic E-state index is 0.428. The Kier molecular flexibility index (Phi) is 4.97. The van der Waals surface area contributed by atoms with Crippen LogP contribution in [0.5, 0.6) is 5.75 Å². The van der Waals surface area contributed by atoms with Gasteiger partial charge in [-0.15, -0.1) is 0 Å². The van der Waals surface area contributed by atoms with Gasteiger partial charge in [0.15, 0.2) is 0 Å². The zero-order chi connectivity index (χ0) is 14.7. The van der Waals surface area contributed by atoms with Crippen LogP contribution in [0, 0.1) is 6.92 Å². The normalized spacial score (nSPS) is 10.4. The number of benzene rings is 1. The molecule has 0 radical (unpaired) electrons. The Hall–Kier alpha value is -1.16. The summed E-state index contributed by atoms with van der Waals surface area (Å²) in [5.74, 6) is 0.773. The molecule has 1 aromatic heterocycles. The summed E-state index contributed by atoms with van der Waals surface area (Å²) < 4.78 is 5.21. The van der Waals surface area contributed by atoms with Crippen LogP contribution in [0.15, 0.2) is 24.3 Å². The van der Waals surface area contributed by atoms with Crippen LogP contribution in [0.2, 0.25) is 15.1 Å². The highest BCUT2D eigenvalue weighted by Crippen LogP contribution is 2.32. The maximum atomic E-state index is 6.11. The molecule has 0 saturated carbocycles. The maximum Gasteiger partial charge on any atom is 0.122 e. The molecule has 3 nitrogen and oxygen atoms in total. The van der Waals surface area contributed by atoms with Gasteiger partial charge < -0.3 is 10.1 Å². The smallest absolute Gasteiger partial charge is 0.122 e. The average Bonchev–Trinajstić information content (AvgIpc) is 2.40. The number of methoxy groups -OCH3 is 1. The Balaban J connectivity index is 2.16. The van der Waals surface area contributed by atoms with Crippen molar-refractivity contribution in [3.8, 4) is 5.75 Å². The SMILES string of the molecule is COc1cc(C)nc(CNc2cc(Cl)c(Cl)cc2Cl)c1. The highest BCUT2D eigenvalue weighted by atomic mass is 35.5.